The Morgan fingerprint density at radius 3 is 1.23 bits per heavy atom. The predicted octanol–water partition coefficient (Wildman–Crippen LogP) is 8.18. The van der Waals surface area contributed by atoms with E-state index in [-0.39, 0.29) is 0 Å². The fourth-order valence-electron chi connectivity index (χ4n) is 7.24. The van der Waals surface area contributed by atoms with Crippen LogP contribution in [0.25, 0.3) is 32.3 Å². The molecule has 8 rings (SSSR count). The van der Waals surface area contributed by atoms with Crippen LogP contribution in [0.5, 0.6) is 11.5 Å². The molecular formula is C36H30F2N14O20S6. The number of anilines is 6. The zero-order valence-electron chi connectivity index (χ0n) is 37.3. The van der Waals surface area contributed by atoms with Gasteiger partial charge in [0.15, 0.2) is 11.5 Å². The molecule has 42 heteroatoms. The molecule has 0 radical (unpaired) electrons. The number of fused-ring (bicyclic) bond motifs is 3. The summed E-state index contributed by atoms with van der Waals surface area (Å²) < 4.78 is 228. The van der Waals surface area contributed by atoms with Crippen LogP contribution in [0.4, 0.5) is 66.7 Å². The molecule has 6 aromatic carbocycles. The molecule has 414 valence electrons. The van der Waals surface area contributed by atoms with Crippen molar-refractivity contribution >= 4 is 153 Å². The van der Waals surface area contributed by atoms with E-state index in [1.165, 1.54) is 0 Å². The first-order valence-electron chi connectivity index (χ1n) is 19.8. The zero-order chi connectivity index (χ0) is 57.6. The molecular weight excluding hydrogens is 1180 g/mol. The van der Waals surface area contributed by atoms with E-state index in [1.807, 2.05) is 0 Å². The second-order valence-corrected chi connectivity index (χ2v) is 24.1. The minimum atomic E-state index is -5.58. The highest BCUT2D eigenvalue weighted by Crippen LogP contribution is 2.57. The van der Waals surface area contributed by atoms with Crippen LogP contribution in [0.15, 0.2) is 110 Å². The van der Waals surface area contributed by atoms with Crippen LogP contribution in [0.1, 0.15) is 0 Å². The van der Waals surface area contributed by atoms with Gasteiger partial charge in [0.1, 0.15) is 53.8 Å². The second kappa shape index (κ2) is 19.7. The number of hydrogen-bond donors (Lipinski definition) is 18. The molecule has 0 aliphatic carbocycles. The molecule has 0 amide bonds. The summed E-state index contributed by atoms with van der Waals surface area (Å²) in [4.78, 5) is 13.7. The number of nitrogen functional groups attached to an aromatic ring is 2. The van der Waals surface area contributed by atoms with Gasteiger partial charge in [-0.15, -0.1) is 10.2 Å². The number of benzene rings is 6. The fourth-order valence-corrected chi connectivity index (χ4v) is 11.1. The molecule has 0 aliphatic heterocycles. The first kappa shape index (κ1) is 56.6. The molecule has 0 fully saturated rings. The van der Waals surface area contributed by atoms with E-state index in [9.17, 15) is 98.9 Å². The summed E-state index contributed by atoms with van der Waals surface area (Å²) in [6.45, 7) is 0. The van der Waals surface area contributed by atoms with E-state index in [0.29, 0.717) is 42.5 Å². The minimum Gasteiger partial charge on any atom is -0.505 e. The van der Waals surface area contributed by atoms with E-state index in [1.54, 1.807) is 0 Å². The second-order valence-electron chi connectivity index (χ2n) is 15.5. The van der Waals surface area contributed by atoms with Crippen LogP contribution in [-0.2, 0) is 30.4 Å². The summed E-state index contributed by atoms with van der Waals surface area (Å²) in [5.74, 6) is -5.36. The number of halogens is 2. The number of nitrogens with two attached hydrogens (primary N) is 2. The summed E-state index contributed by atoms with van der Waals surface area (Å²) >= 11 is 0. The van der Waals surface area contributed by atoms with Crippen molar-refractivity contribution in [3.8, 4) is 11.5 Å². The lowest BCUT2D eigenvalue weighted by molar-refractivity contribution is 0.373. The average molecular weight is 1210 g/mol. The van der Waals surface area contributed by atoms with Crippen LogP contribution in [-0.4, -0.2) is 120 Å². The quantitative estimate of drug-likeness (QED) is 0.0360. The Morgan fingerprint density at radius 1 is 0.423 bits per heavy atom. The van der Waals surface area contributed by atoms with Crippen molar-refractivity contribution < 1.29 is 98.9 Å². The monoisotopic (exact) mass is 1210 g/mol. The lowest BCUT2D eigenvalue weighted by atomic mass is 10.1. The molecule has 0 saturated carbocycles. The third kappa shape index (κ3) is 11.8. The highest BCUT2D eigenvalue weighted by molar-refractivity contribution is 8.20. The van der Waals surface area contributed by atoms with E-state index in [0.717, 1.165) is 18.2 Å². The third-order valence-electron chi connectivity index (χ3n) is 10.2. The van der Waals surface area contributed by atoms with Crippen LogP contribution < -0.4 is 22.1 Å². The van der Waals surface area contributed by atoms with Gasteiger partial charge >= 0.3 is 12.2 Å². The van der Waals surface area contributed by atoms with Gasteiger partial charge in [-0.2, -0.15) is 74.2 Å². The molecule has 8 aromatic rings. The first-order valence-corrected chi connectivity index (χ1v) is 28.7. The van der Waals surface area contributed by atoms with Crippen LogP contribution >= 0.6 is 32.6 Å². The van der Waals surface area contributed by atoms with Crippen molar-refractivity contribution in [1.29, 1.82) is 0 Å². The van der Waals surface area contributed by atoms with Crippen molar-refractivity contribution in [3.63, 3.8) is 0 Å². The molecule has 0 aliphatic rings. The number of phenols is 2. The van der Waals surface area contributed by atoms with Crippen LogP contribution in [0.3, 0.4) is 0 Å². The molecule has 0 atom stereocenters. The molecule has 20 N–H and O–H groups in total. The molecule has 0 bridgehead atoms. The molecule has 0 spiro atoms. The Labute approximate surface area is 436 Å². The maximum absolute atomic E-state index is 14.1. The fraction of sp³-hybridized carbons (Fsp3) is 0. The summed E-state index contributed by atoms with van der Waals surface area (Å²) in [7, 11) is -31.1. The number of phenolic OH excluding ortho intramolecular Hbond substituents is 2. The minimum absolute atomic E-state index is 0.497. The Hall–Kier alpha value is -7.60. The smallest absolute Gasteiger partial charge is 0.315 e. The number of rotatable bonds is 14. The van der Waals surface area contributed by atoms with Gasteiger partial charge in [-0.1, -0.05) is 0 Å². The number of aromatic nitrogens is 6. The van der Waals surface area contributed by atoms with Gasteiger partial charge in [-0.3, -0.25) is 13.7 Å². The number of hydrogen-bond acceptors (Lipinski definition) is 31. The van der Waals surface area contributed by atoms with Crippen molar-refractivity contribution in [1.82, 2.24) is 29.9 Å². The van der Waals surface area contributed by atoms with Gasteiger partial charge in [-0.05, 0) is 71.4 Å². The third-order valence-corrected chi connectivity index (χ3v) is 15.5. The van der Waals surface area contributed by atoms with E-state index >= 15 is 0 Å². The Balaban J connectivity index is 1.32. The van der Waals surface area contributed by atoms with Gasteiger partial charge in [0, 0.05) is 21.5 Å². The van der Waals surface area contributed by atoms with E-state index < -0.39 is 206 Å². The first-order chi connectivity index (χ1) is 35.9. The Bertz CT molecular complexity index is 4260. The molecule has 0 saturated heterocycles. The number of nitrogens with zero attached hydrogens (tertiary/aromatic N) is 10. The van der Waals surface area contributed by atoms with Gasteiger partial charge in [0.05, 0.1) is 42.3 Å². The summed E-state index contributed by atoms with van der Waals surface area (Å²) in [6, 6.07) is 6.42. The zero-order valence-corrected chi connectivity index (χ0v) is 42.2. The maximum atomic E-state index is 14.1. The molecule has 2 heterocycles. The standard InChI is InChI=1S/C36H30F2N14O20S6/c37-31-43-33(39)47-35(45-31)41-19-9-15(73(55,56)57)1-11-3-23(77(67,68)69)27(29(53)25(11)19)51-49-13-5-17-18(21(7-13)75(61,62)63)6-14(8-22(17)76(64,65)66)50-52-28-24(78(70,71)72)4-12-2-16(74(58,59)60)10-20(26(12)30(28)54)42-36-46-32(38)44-34(40)48-36/h1-10,53-57,61-63,70-72H,(H,58,59,60)(H,64,65,66)(H,67,68,69)(H3,39,41,43,45,47)(H3,40,42,44,46,48). The molecule has 34 nitrogen and oxygen atoms in total. The molecule has 78 heavy (non-hydrogen) atoms. The summed E-state index contributed by atoms with van der Waals surface area (Å²) in [6.07, 6.45) is -2.91. The number of azo groups is 2. The number of nitrogens with one attached hydrogen (secondary N) is 2. The predicted molar refractivity (Wildman–Crippen MR) is 269 cm³/mol. The van der Waals surface area contributed by atoms with Crippen molar-refractivity contribution in [2.45, 2.75) is 29.4 Å². The van der Waals surface area contributed by atoms with Crippen molar-refractivity contribution in [3.05, 3.63) is 72.8 Å². The van der Waals surface area contributed by atoms with Gasteiger partial charge in [0.25, 0.3) is 30.4 Å². The Morgan fingerprint density at radius 2 is 0.821 bits per heavy atom. The van der Waals surface area contributed by atoms with E-state index in [2.05, 4.69) is 61.0 Å². The van der Waals surface area contributed by atoms with E-state index in [4.69, 9.17) is 11.5 Å². The van der Waals surface area contributed by atoms with Crippen LogP contribution in [0.2, 0.25) is 0 Å². The van der Waals surface area contributed by atoms with Gasteiger partial charge in [-0.25, -0.2) is 0 Å². The largest absolute Gasteiger partial charge is 0.505 e. The molecule has 0 unspecified atom stereocenters. The van der Waals surface area contributed by atoms with Crippen LogP contribution in [0, 0.1) is 12.2 Å². The lowest BCUT2D eigenvalue weighted by Crippen LogP contribution is -2.07. The van der Waals surface area contributed by atoms with Gasteiger partial charge < -0.3 is 73.3 Å². The average Bonchev–Trinajstić information content (AvgIpc) is 3.42. The van der Waals surface area contributed by atoms with Gasteiger partial charge in [0.2, 0.25) is 23.8 Å². The van der Waals surface area contributed by atoms with Crippen molar-refractivity contribution in [2.24, 2.45) is 20.5 Å². The SMILES string of the molecule is Nc1nc(F)nc(Nc2cc(S(=O)(=O)O)cc3cc(S(O)(O)O)c(N=Nc4cc(S(=O)(=O)O)c5cc(N=Nc6c(S(=O)(=O)O)cc7cc(S(O)(O)O)cc(Nc8nc(N)nc(F)n8)c7c6O)cc(S(O)(O)O)c5c4)c(O)c23)n1. The normalized spacial score (nSPS) is 13.8. The maximum Gasteiger partial charge on any atom is 0.315 e. The topological polar surface area (TPSA) is 589 Å². The highest BCUT2D eigenvalue weighted by atomic mass is 32.3. The van der Waals surface area contributed by atoms with Crippen molar-refractivity contribution in [2.75, 3.05) is 22.1 Å². The lowest BCUT2D eigenvalue weighted by Gasteiger charge is -2.23. The molecule has 2 aromatic heterocycles. The summed E-state index contributed by atoms with van der Waals surface area (Å²) in [5, 5.41) is 38.9. The highest BCUT2D eigenvalue weighted by Gasteiger charge is 2.31. The number of aromatic hydroxyl groups is 2. The Kier molecular flexibility index (Phi) is 14.3. The summed E-state index contributed by atoms with van der Waals surface area (Å²) in [5.41, 5.74) is 5.88.